The number of methoxy groups -OCH3 is 2. The Morgan fingerprint density at radius 3 is 2.65 bits per heavy atom. The maximum absolute atomic E-state index is 15.1. The number of halogens is 1. The summed E-state index contributed by atoms with van der Waals surface area (Å²) in [5.41, 5.74) is 6.25. The molecule has 2 N–H and O–H groups in total. The Morgan fingerprint density at radius 2 is 2.03 bits per heavy atom. The largest absolute Gasteiger partial charge is 0.493 e. The molecule has 1 aliphatic carbocycles. The maximum Gasteiger partial charge on any atom is 0.228 e. The van der Waals surface area contributed by atoms with Crippen molar-refractivity contribution in [1.82, 2.24) is 14.9 Å². The second-order valence-electron chi connectivity index (χ2n) is 8.11. The number of benzene rings is 1. The highest BCUT2D eigenvalue weighted by Gasteiger charge is 2.27. The molecule has 4 rings (SSSR count). The lowest BCUT2D eigenvalue weighted by atomic mass is 9.82. The van der Waals surface area contributed by atoms with E-state index in [9.17, 15) is 4.79 Å². The minimum atomic E-state index is -0.629. The SMILES string of the molecule is COc1cc2c(N)nc(N3CCN(/C=C/C(=O)C4CCC4)C[C@@H]3C)nc2c(F)c1OC. The Kier molecular flexibility index (Phi) is 5.84. The number of hydrogen-bond acceptors (Lipinski definition) is 8. The predicted octanol–water partition coefficient (Wildman–Crippen LogP) is 2.76. The van der Waals surface area contributed by atoms with E-state index in [0.717, 1.165) is 19.3 Å². The second kappa shape index (κ2) is 8.56. The van der Waals surface area contributed by atoms with E-state index in [1.165, 1.54) is 14.2 Å². The van der Waals surface area contributed by atoms with Gasteiger partial charge in [-0.05, 0) is 31.9 Å². The molecule has 2 aliphatic rings. The van der Waals surface area contributed by atoms with Crippen LogP contribution in [0.4, 0.5) is 16.2 Å². The number of carbonyl (C=O) groups is 1. The van der Waals surface area contributed by atoms with Crippen molar-refractivity contribution in [3.63, 3.8) is 0 Å². The highest BCUT2D eigenvalue weighted by molar-refractivity contribution is 5.93. The molecule has 0 spiro atoms. The molecule has 0 amide bonds. The third-order valence-electron chi connectivity index (χ3n) is 6.17. The van der Waals surface area contributed by atoms with Gasteiger partial charge in [0.05, 0.1) is 14.2 Å². The number of allylic oxidation sites excluding steroid dienone is 1. The molecule has 1 aromatic carbocycles. The van der Waals surface area contributed by atoms with Gasteiger partial charge in [-0.15, -0.1) is 0 Å². The highest BCUT2D eigenvalue weighted by atomic mass is 19.1. The summed E-state index contributed by atoms with van der Waals surface area (Å²) in [6.07, 6.45) is 6.74. The fraction of sp³-hybridized carbons (Fsp3) is 0.500. The molecule has 9 heteroatoms. The third-order valence-corrected chi connectivity index (χ3v) is 6.17. The number of hydrogen-bond donors (Lipinski definition) is 1. The van der Waals surface area contributed by atoms with Crippen LogP contribution in [0.25, 0.3) is 10.9 Å². The van der Waals surface area contributed by atoms with Gasteiger partial charge in [0.1, 0.15) is 11.3 Å². The van der Waals surface area contributed by atoms with Gasteiger partial charge in [-0.2, -0.15) is 4.98 Å². The van der Waals surface area contributed by atoms with E-state index >= 15 is 4.39 Å². The van der Waals surface area contributed by atoms with E-state index in [-0.39, 0.29) is 40.6 Å². The lowest BCUT2D eigenvalue weighted by Crippen LogP contribution is -2.51. The van der Waals surface area contributed by atoms with Gasteiger partial charge in [0.15, 0.2) is 23.1 Å². The Morgan fingerprint density at radius 1 is 1.26 bits per heavy atom. The first-order valence-corrected chi connectivity index (χ1v) is 10.5. The van der Waals surface area contributed by atoms with E-state index in [1.54, 1.807) is 12.1 Å². The van der Waals surface area contributed by atoms with Crippen LogP contribution < -0.4 is 20.1 Å². The van der Waals surface area contributed by atoms with Gasteiger partial charge in [-0.1, -0.05) is 6.42 Å². The molecule has 166 valence electrons. The molecular formula is C22H28FN5O3. The quantitative estimate of drug-likeness (QED) is 0.701. The normalized spacial score (nSPS) is 19.7. The third kappa shape index (κ3) is 3.96. The van der Waals surface area contributed by atoms with E-state index in [1.807, 2.05) is 18.0 Å². The highest BCUT2D eigenvalue weighted by Crippen LogP contribution is 2.37. The van der Waals surface area contributed by atoms with Crippen molar-refractivity contribution in [2.45, 2.75) is 32.2 Å². The zero-order valence-electron chi connectivity index (χ0n) is 18.1. The first-order chi connectivity index (χ1) is 14.9. The van der Waals surface area contributed by atoms with E-state index in [0.29, 0.717) is 31.0 Å². The van der Waals surface area contributed by atoms with Gasteiger partial charge < -0.3 is 25.0 Å². The fourth-order valence-corrected chi connectivity index (χ4v) is 4.09. The van der Waals surface area contributed by atoms with Crippen molar-refractivity contribution in [3.05, 3.63) is 24.2 Å². The number of ether oxygens (including phenoxy) is 2. The molecule has 2 aromatic rings. The second-order valence-corrected chi connectivity index (χ2v) is 8.11. The number of anilines is 2. The summed E-state index contributed by atoms with van der Waals surface area (Å²) in [4.78, 5) is 25.1. The van der Waals surface area contributed by atoms with Gasteiger partial charge in [0.2, 0.25) is 5.95 Å². The van der Waals surface area contributed by atoms with Gasteiger partial charge in [0, 0.05) is 43.2 Å². The standard InChI is InChI=1S/C22H28FN5O3/c1-13-12-27(8-7-16(29)14-5-4-6-14)9-10-28(13)22-25-19-15(21(24)26-22)11-17(30-2)20(31-3)18(19)23/h7-8,11,13-14H,4-6,9-10,12H2,1-3H3,(H2,24,25,26)/b8-7+/t13-/m0/s1. The number of nitrogens with zero attached hydrogens (tertiary/aromatic N) is 4. The molecule has 8 nitrogen and oxygen atoms in total. The van der Waals surface area contributed by atoms with Gasteiger partial charge in [-0.3, -0.25) is 4.79 Å². The van der Waals surface area contributed by atoms with Crippen LogP contribution in [0.2, 0.25) is 0 Å². The molecular weight excluding hydrogens is 401 g/mol. The number of nitrogen functional groups attached to an aromatic ring is 1. The average Bonchev–Trinajstić information content (AvgIpc) is 2.71. The van der Waals surface area contributed by atoms with Crippen LogP contribution >= 0.6 is 0 Å². The van der Waals surface area contributed by atoms with Crippen LogP contribution in [-0.2, 0) is 4.79 Å². The zero-order chi connectivity index (χ0) is 22.1. The van der Waals surface area contributed by atoms with Crippen molar-refractivity contribution in [3.8, 4) is 11.5 Å². The van der Waals surface area contributed by atoms with Crippen LogP contribution in [0.3, 0.4) is 0 Å². The number of aromatic nitrogens is 2. The Hall–Kier alpha value is -3.10. The molecule has 1 aromatic heterocycles. The molecule has 2 heterocycles. The minimum Gasteiger partial charge on any atom is -0.493 e. The Bertz CT molecular complexity index is 1020. The summed E-state index contributed by atoms with van der Waals surface area (Å²) < 4.78 is 25.4. The van der Waals surface area contributed by atoms with Gasteiger partial charge in [-0.25, -0.2) is 9.37 Å². The molecule has 2 fully saturated rings. The van der Waals surface area contributed by atoms with Crippen LogP contribution in [0.1, 0.15) is 26.2 Å². The van der Waals surface area contributed by atoms with Crippen molar-refractivity contribution in [2.24, 2.45) is 5.92 Å². The first-order valence-electron chi connectivity index (χ1n) is 10.5. The van der Waals surface area contributed by atoms with Crippen molar-refractivity contribution < 1.29 is 18.7 Å². The molecule has 0 unspecified atom stereocenters. The Labute approximate surface area is 180 Å². The number of nitrogens with two attached hydrogens (primary N) is 1. The number of rotatable bonds is 6. The molecule has 0 bridgehead atoms. The molecule has 1 atom stereocenters. The summed E-state index contributed by atoms with van der Waals surface area (Å²) in [5.74, 6) is 0.564. The number of fused-ring (bicyclic) bond motifs is 1. The summed E-state index contributed by atoms with van der Waals surface area (Å²) in [6.45, 7) is 4.07. The molecule has 31 heavy (non-hydrogen) atoms. The molecule has 1 saturated heterocycles. The maximum atomic E-state index is 15.1. The summed E-state index contributed by atoms with van der Waals surface area (Å²) in [5, 5.41) is 0.377. The van der Waals surface area contributed by atoms with Crippen molar-refractivity contribution in [1.29, 1.82) is 0 Å². The van der Waals surface area contributed by atoms with Crippen LogP contribution in [0, 0.1) is 11.7 Å². The summed E-state index contributed by atoms with van der Waals surface area (Å²) in [7, 11) is 2.81. The molecule has 0 radical (unpaired) electrons. The molecule has 1 saturated carbocycles. The van der Waals surface area contributed by atoms with Crippen LogP contribution in [0.5, 0.6) is 11.5 Å². The van der Waals surface area contributed by atoms with E-state index in [2.05, 4.69) is 14.9 Å². The fourth-order valence-electron chi connectivity index (χ4n) is 4.09. The predicted molar refractivity (Wildman–Crippen MR) is 117 cm³/mol. The lowest BCUT2D eigenvalue weighted by Gasteiger charge is -2.39. The van der Waals surface area contributed by atoms with Crippen LogP contribution in [-0.4, -0.2) is 60.5 Å². The summed E-state index contributed by atoms with van der Waals surface area (Å²) >= 11 is 0. The Balaban J connectivity index is 1.55. The summed E-state index contributed by atoms with van der Waals surface area (Å²) in [6, 6.07) is 1.64. The van der Waals surface area contributed by atoms with Crippen molar-refractivity contribution in [2.75, 3.05) is 44.5 Å². The number of ketones is 1. The monoisotopic (exact) mass is 429 g/mol. The average molecular weight is 429 g/mol. The topological polar surface area (TPSA) is 93.8 Å². The zero-order valence-corrected chi connectivity index (χ0v) is 18.1. The van der Waals surface area contributed by atoms with E-state index < -0.39 is 5.82 Å². The van der Waals surface area contributed by atoms with Crippen molar-refractivity contribution >= 4 is 28.5 Å². The number of piperazine rings is 1. The smallest absolute Gasteiger partial charge is 0.228 e. The first kappa shape index (κ1) is 21.1. The van der Waals surface area contributed by atoms with Gasteiger partial charge >= 0.3 is 0 Å². The number of carbonyl (C=O) groups excluding carboxylic acids is 1. The van der Waals surface area contributed by atoms with Crippen LogP contribution in [0.15, 0.2) is 18.3 Å². The van der Waals surface area contributed by atoms with E-state index in [4.69, 9.17) is 15.2 Å². The lowest BCUT2D eigenvalue weighted by molar-refractivity contribution is -0.120. The van der Waals surface area contributed by atoms with Gasteiger partial charge in [0.25, 0.3) is 0 Å². The minimum absolute atomic E-state index is 0.0156. The molecule has 1 aliphatic heterocycles.